The predicted molar refractivity (Wildman–Crippen MR) is 38.1 cm³/mol. The molecule has 2 unspecified atom stereocenters. The van der Waals surface area contributed by atoms with E-state index in [0.29, 0.717) is 17.6 Å². The molecule has 0 heterocycles. The number of hydrogen-bond donors (Lipinski definition) is 0. The molecule has 0 aliphatic heterocycles. The Morgan fingerprint density at radius 2 is 2.09 bits per heavy atom. The molecule has 0 aromatic carbocycles. The monoisotopic (exact) mass is 144 g/mol. The molecule has 0 radical (unpaired) electrons. The third-order valence-corrected chi connectivity index (χ3v) is 3.33. The van der Waals surface area contributed by atoms with E-state index in [1.807, 2.05) is 6.08 Å². The van der Waals surface area contributed by atoms with Crippen molar-refractivity contribution in [1.29, 1.82) is 0 Å². The molecular weight excluding hydrogens is 131 g/mol. The van der Waals surface area contributed by atoms with Gasteiger partial charge < -0.3 is 5.11 Å². The molecule has 2 rings (SSSR count). The average molecular weight is 144 g/mol. The van der Waals surface area contributed by atoms with E-state index in [0.717, 1.165) is 6.42 Å². The SMILES string of the molecule is CC1(C)C2C=C([O-])C1CC2.[Li+]. The zero-order valence-corrected chi connectivity index (χ0v) is 7.55. The zero-order valence-electron chi connectivity index (χ0n) is 7.55. The normalized spacial score (nSPS) is 38.2. The number of rotatable bonds is 0. The molecule has 2 aliphatic carbocycles. The van der Waals surface area contributed by atoms with Crippen LogP contribution in [0.4, 0.5) is 0 Å². The molecule has 2 bridgehead atoms. The van der Waals surface area contributed by atoms with Crippen LogP contribution in [-0.2, 0) is 0 Å². The number of fused-ring (bicyclic) bond motifs is 2. The Balaban J connectivity index is 0.000000605. The standard InChI is InChI=1S/C9H14O.Li/c1-9(2)6-3-4-7(9)8(10)5-6;/h5-7,10H,3-4H2,1-2H3;/q;+1/p-1. The quantitative estimate of drug-likeness (QED) is 0.372. The van der Waals surface area contributed by atoms with Crippen LogP contribution in [0.2, 0.25) is 0 Å². The van der Waals surface area contributed by atoms with Crippen LogP contribution in [0.15, 0.2) is 11.8 Å². The van der Waals surface area contributed by atoms with Crippen molar-refractivity contribution in [2.75, 3.05) is 0 Å². The van der Waals surface area contributed by atoms with Crippen LogP contribution < -0.4 is 24.0 Å². The Kier molecular flexibility index (Phi) is 2.16. The van der Waals surface area contributed by atoms with Gasteiger partial charge in [0, 0.05) is 0 Å². The maximum absolute atomic E-state index is 11.2. The second kappa shape index (κ2) is 2.57. The van der Waals surface area contributed by atoms with Gasteiger partial charge in [-0.05, 0) is 30.1 Å². The maximum Gasteiger partial charge on any atom is 1.00 e. The number of allylic oxidation sites excluding steroid dienone is 2. The fourth-order valence-electron chi connectivity index (χ4n) is 2.47. The Morgan fingerprint density at radius 1 is 1.45 bits per heavy atom. The van der Waals surface area contributed by atoms with Crippen LogP contribution in [-0.4, -0.2) is 0 Å². The molecule has 0 aromatic rings. The topological polar surface area (TPSA) is 23.1 Å². The molecule has 2 atom stereocenters. The maximum atomic E-state index is 11.2. The molecule has 1 saturated carbocycles. The van der Waals surface area contributed by atoms with Crippen molar-refractivity contribution in [1.82, 2.24) is 0 Å². The zero-order chi connectivity index (χ0) is 7.35. The Morgan fingerprint density at radius 3 is 2.27 bits per heavy atom. The molecule has 2 aliphatic rings. The van der Waals surface area contributed by atoms with Gasteiger partial charge in [-0.2, -0.15) is 0 Å². The summed E-state index contributed by atoms with van der Waals surface area (Å²) in [5.74, 6) is 1.35. The Labute approximate surface area is 80.0 Å². The van der Waals surface area contributed by atoms with Gasteiger partial charge in [0.25, 0.3) is 0 Å². The van der Waals surface area contributed by atoms with E-state index in [2.05, 4.69) is 13.8 Å². The van der Waals surface area contributed by atoms with Crippen LogP contribution in [0.3, 0.4) is 0 Å². The fourth-order valence-corrected chi connectivity index (χ4v) is 2.47. The molecular formula is C9H13LiO. The number of hydrogen-bond acceptors (Lipinski definition) is 1. The summed E-state index contributed by atoms with van der Waals surface area (Å²) < 4.78 is 0. The predicted octanol–water partition coefficient (Wildman–Crippen LogP) is -1.70. The second-order valence-corrected chi connectivity index (χ2v) is 4.13. The summed E-state index contributed by atoms with van der Waals surface area (Å²) in [5.41, 5.74) is 0.289. The first-order chi connectivity index (χ1) is 4.62. The molecule has 56 valence electrons. The molecule has 2 heteroatoms. The molecule has 1 nitrogen and oxygen atoms in total. The van der Waals surface area contributed by atoms with E-state index >= 15 is 0 Å². The largest absolute Gasteiger partial charge is 1.00 e. The van der Waals surface area contributed by atoms with Crippen molar-refractivity contribution < 1.29 is 24.0 Å². The van der Waals surface area contributed by atoms with Crippen molar-refractivity contribution in [2.24, 2.45) is 17.3 Å². The van der Waals surface area contributed by atoms with Crippen molar-refractivity contribution in [3.63, 3.8) is 0 Å². The van der Waals surface area contributed by atoms with Crippen LogP contribution in [0.5, 0.6) is 0 Å². The van der Waals surface area contributed by atoms with E-state index in [4.69, 9.17) is 0 Å². The van der Waals surface area contributed by atoms with Gasteiger partial charge in [-0.3, -0.25) is 0 Å². The summed E-state index contributed by atoms with van der Waals surface area (Å²) in [7, 11) is 0. The molecule has 0 aromatic heterocycles. The summed E-state index contributed by atoms with van der Waals surface area (Å²) in [6.07, 6.45) is 4.31. The minimum absolute atomic E-state index is 0. The summed E-state index contributed by atoms with van der Waals surface area (Å²) in [4.78, 5) is 0. The van der Waals surface area contributed by atoms with Crippen molar-refractivity contribution in [3.05, 3.63) is 11.8 Å². The molecule has 0 N–H and O–H groups in total. The van der Waals surface area contributed by atoms with Gasteiger partial charge in [0.15, 0.2) is 0 Å². The van der Waals surface area contributed by atoms with Gasteiger partial charge in [-0.1, -0.05) is 19.9 Å². The van der Waals surface area contributed by atoms with E-state index in [9.17, 15) is 5.11 Å². The van der Waals surface area contributed by atoms with Crippen LogP contribution in [0, 0.1) is 17.3 Å². The van der Waals surface area contributed by atoms with Gasteiger partial charge in [-0.25, -0.2) is 0 Å². The minimum Gasteiger partial charge on any atom is -0.875 e. The molecule has 0 saturated heterocycles. The average Bonchev–Trinajstić information content (AvgIpc) is 2.20. The first kappa shape index (κ1) is 9.23. The second-order valence-electron chi connectivity index (χ2n) is 4.13. The van der Waals surface area contributed by atoms with Gasteiger partial charge in [0.05, 0.1) is 0 Å². The van der Waals surface area contributed by atoms with Crippen molar-refractivity contribution in [3.8, 4) is 0 Å². The summed E-state index contributed by atoms with van der Waals surface area (Å²) >= 11 is 0. The summed E-state index contributed by atoms with van der Waals surface area (Å²) in [6.45, 7) is 4.44. The van der Waals surface area contributed by atoms with Gasteiger partial charge >= 0.3 is 18.9 Å². The molecule has 0 amide bonds. The minimum atomic E-state index is 0. The van der Waals surface area contributed by atoms with Crippen LogP contribution >= 0.6 is 0 Å². The van der Waals surface area contributed by atoms with Gasteiger partial charge in [-0.15, -0.1) is 5.76 Å². The third-order valence-electron chi connectivity index (χ3n) is 3.33. The van der Waals surface area contributed by atoms with Crippen LogP contribution in [0.25, 0.3) is 0 Å². The van der Waals surface area contributed by atoms with E-state index in [1.54, 1.807) is 0 Å². The van der Waals surface area contributed by atoms with E-state index in [1.165, 1.54) is 6.42 Å². The smallest absolute Gasteiger partial charge is 0.875 e. The summed E-state index contributed by atoms with van der Waals surface area (Å²) in [6, 6.07) is 0. The molecule has 0 spiro atoms. The first-order valence-corrected chi connectivity index (χ1v) is 4.01. The van der Waals surface area contributed by atoms with E-state index < -0.39 is 0 Å². The molecule has 11 heavy (non-hydrogen) atoms. The Hall–Kier alpha value is 0.137. The van der Waals surface area contributed by atoms with E-state index in [-0.39, 0.29) is 24.3 Å². The van der Waals surface area contributed by atoms with Crippen molar-refractivity contribution >= 4 is 0 Å². The van der Waals surface area contributed by atoms with Crippen molar-refractivity contribution in [2.45, 2.75) is 26.7 Å². The molecule has 1 fully saturated rings. The third kappa shape index (κ3) is 1.06. The fraction of sp³-hybridized carbons (Fsp3) is 0.778. The Bertz CT molecular complexity index is 196. The first-order valence-electron chi connectivity index (χ1n) is 4.01. The van der Waals surface area contributed by atoms with Gasteiger partial charge in [0.1, 0.15) is 0 Å². The van der Waals surface area contributed by atoms with Gasteiger partial charge in [0.2, 0.25) is 0 Å². The van der Waals surface area contributed by atoms with Crippen LogP contribution in [0.1, 0.15) is 26.7 Å². The summed E-state index contributed by atoms with van der Waals surface area (Å²) in [5, 5.41) is 11.2.